The number of fused-ring (bicyclic) bond motifs is 3. The molecule has 2 unspecified atom stereocenters. The standard InChI is InChI=1S/C28H28N4O6S/c1-17-26(30-16-31-27(17)38-24-7-5-11-29-18(24)2)37-22-13-20-9-10-21(14-22)32(20)28(33)36-15-23-12-19-6-3-4-8-25(19)39(23,34)35/h3-8,11-12,16,20-22H,9-10,13-15H2,1-2H3. The fourth-order valence-corrected chi connectivity index (χ4v) is 7.04. The van der Waals surface area contributed by atoms with Crippen molar-refractivity contribution in [3.8, 4) is 17.5 Å². The van der Waals surface area contributed by atoms with E-state index in [1.54, 1.807) is 47.5 Å². The van der Waals surface area contributed by atoms with E-state index in [1.807, 2.05) is 19.9 Å². The molecule has 0 aliphatic carbocycles. The molecule has 0 radical (unpaired) electrons. The lowest BCUT2D eigenvalue weighted by atomic mass is 10.0. The van der Waals surface area contributed by atoms with Crippen LogP contribution in [0.1, 0.15) is 42.5 Å². The van der Waals surface area contributed by atoms with Gasteiger partial charge < -0.3 is 19.1 Å². The molecule has 39 heavy (non-hydrogen) atoms. The number of carbonyl (C=O) groups is 1. The third-order valence-corrected chi connectivity index (χ3v) is 9.42. The SMILES string of the molecule is Cc1ncccc1Oc1ncnc(OC2CC3CCC(C2)N3C(=O)OCC2=Cc3ccccc3S2(=O)=O)c1C. The molecular formula is C28H28N4O6S. The number of pyridine rings is 1. The summed E-state index contributed by atoms with van der Waals surface area (Å²) in [6, 6.07) is 10.3. The predicted octanol–water partition coefficient (Wildman–Crippen LogP) is 4.62. The van der Waals surface area contributed by atoms with Gasteiger partial charge in [0.25, 0.3) is 0 Å². The maximum atomic E-state index is 13.1. The molecule has 3 aliphatic rings. The monoisotopic (exact) mass is 548 g/mol. The molecule has 2 atom stereocenters. The topological polar surface area (TPSA) is 121 Å². The van der Waals surface area contributed by atoms with E-state index < -0.39 is 15.9 Å². The highest BCUT2D eigenvalue weighted by Crippen LogP contribution is 2.39. The number of amides is 1. The number of ether oxygens (including phenoxy) is 3. The average molecular weight is 549 g/mol. The zero-order valence-corrected chi connectivity index (χ0v) is 22.4. The van der Waals surface area contributed by atoms with Crippen molar-refractivity contribution in [2.24, 2.45) is 0 Å². The van der Waals surface area contributed by atoms with Crippen molar-refractivity contribution >= 4 is 22.0 Å². The second-order valence-corrected chi connectivity index (χ2v) is 12.0. The minimum atomic E-state index is -3.64. The van der Waals surface area contributed by atoms with Crippen LogP contribution in [-0.4, -0.2) is 59.2 Å². The van der Waals surface area contributed by atoms with Crippen molar-refractivity contribution in [2.45, 2.75) is 62.6 Å². The van der Waals surface area contributed by atoms with E-state index in [1.165, 1.54) is 6.33 Å². The Bertz CT molecular complexity index is 1560. The average Bonchev–Trinajstić information content (AvgIpc) is 3.35. The van der Waals surface area contributed by atoms with Gasteiger partial charge in [0.05, 0.1) is 21.1 Å². The number of aryl methyl sites for hydroxylation is 1. The Kier molecular flexibility index (Phi) is 6.46. The van der Waals surface area contributed by atoms with Crippen molar-refractivity contribution in [3.63, 3.8) is 0 Å². The Balaban J connectivity index is 1.09. The number of hydrogen-bond acceptors (Lipinski definition) is 9. The molecule has 202 valence electrons. The Labute approximate surface area is 226 Å². The van der Waals surface area contributed by atoms with Crippen LogP contribution in [0.25, 0.3) is 6.08 Å². The predicted molar refractivity (Wildman–Crippen MR) is 141 cm³/mol. The van der Waals surface area contributed by atoms with Crippen LogP contribution in [0.2, 0.25) is 0 Å². The highest BCUT2D eigenvalue weighted by Gasteiger charge is 2.45. The molecule has 11 heteroatoms. The first-order valence-electron chi connectivity index (χ1n) is 12.9. The number of sulfone groups is 1. The summed E-state index contributed by atoms with van der Waals surface area (Å²) in [5.41, 5.74) is 2.05. The summed E-state index contributed by atoms with van der Waals surface area (Å²) < 4.78 is 43.4. The fourth-order valence-electron chi connectivity index (χ4n) is 5.56. The molecular weight excluding hydrogens is 520 g/mol. The van der Waals surface area contributed by atoms with Crippen molar-refractivity contribution in [3.05, 3.63) is 70.6 Å². The van der Waals surface area contributed by atoms with Crippen LogP contribution in [0.3, 0.4) is 0 Å². The van der Waals surface area contributed by atoms with E-state index in [-0.39, 0.29) is 34.6 Å². The van der Waals surface area contributed by atoms with E-state index in [2.05, 4.69) is 15.0 Å². The largest absolute Gasteiger partial charge is 0.474 e. The zero-order valence-electron chi connectivity index (χ0n) is 21.6. The molecule has 0 saturated carbocycles. The van der Waals surface area contributed by atoms with Crippen molar-refractivity contribution in [1.29, 1.82) is 0 Å². The van der Waals surface area contributed by atoms with Gasteiger partial charge in [0.15, 0.2) is 5.75 Å². The lowest BCUT2D eigenvalue weighted by Gasteiger charge is -2.38. The van der Waals surface area contributed by atoms with E-state index in [0.29, 0.717) is 41.5 Å². The van der Waals surface area contributed by atoms with Crippen molar-refractivity contribution in [1.82, 2.24) is 19.9 Å². The maximum Gasteiger partial charge on any atom is 0.410 e. The first-order valence-corrected chi connectivity index (χ1v) is 14.4. The van der Waals surface area contributed by atoms with Gasteiger partial charge >= 0.3 is 6.09 Å². The molecule has 6 rings (SSSR count). The van der Waals surface area contributed by atoms with Crippen molar-refractivity contribution in [2.75, 3.05) is 6.61 Å². The smallest absolute Gasteiger partial charge is 0.410 e. The maximum absolute atomic E-state index is 13.1. The number of carbonyl (C=O) groups excluding carboxylic acids is 1. The van der Waals surface area contributed by atoms with E-state index in [9.17, 15) is 13.2 Å². The molecule has 0 spiro atoms. The van der Waals surface area contributed by atoms with Gasteiger partial charge in [-0.25, -0.2) is 23.2 Å². The Morgan fingerprint density at radius 3 is 2.49 bits per heavy atom. The van der Waals surface area contributed by atoms with Gasteiger partial charge in [0.2, 0.25) is 21.6 Å². The van der Waals surface area contributed by atoms with Gasteiger partial charge in [-0.3, -0.25) is 4.98 Å². The van der Waals surface area contributed by atoms with Crippen LogP contribution in [0.5, 0.6) is 17.5 Å². The second kappa shape index (κ2) is 9.96. The minimum Gasteiger partial charge on any atom is -0.474 e. The number of rotatable bonds is 6. The quantitative estimate of drug-likeness (QED) is 0.434. The molecule has 0 N–H and O–H groups in total. The van der Waals surface area contributed by atoms with Crippen LogP contribution >= 0.6 is 0 Å². The third kappa shape index (κ3) is 4.71. The summed E-state index contributed by atoms with van der Waals surface area (Å²) in [5.74, 6) is 1.46. The normalized spacial score (nSPS) is 22.7. The molecule has 1 aromatic carbocycles. The van der Waals surface area contributed by atoms with E-state index in [0.717, 1.165) is 18.5 Å². The third-order valence-electron chi connectivity index (χ3n) is 7.54. The van der Waals surface area contributed by atoms with Crippen LogP contribution < -0.4 is 9.47 Å². The Morgan fingerprint density at radius 1 is 1.00 bits per heavy atom. The number of piperidine rings is 1. The molecule has 2 saturated heterocycles. The lowest BCUT2D eigenvalue weighted by Crippen LogP contribution is -2.49. The molecule has 3 aliphatic heterocycles. The van der Waals surface area contributed by atoms with Crippen LogP contribution in [-0.2, 0) is 14.6 Å². The highest BCUT2D eigenvalue weighted by atomic mass is 32.2. The van der Waals surface area contributed by atoms with Gasteiger partial charge in [-0.1, -0.05) is 18.2 Å². The summed E-state index contributed by atoms with van der Waals surface area (Å²) in [6.07, 6.45) is 6.98. The van der Waals surface area contributed by atoms with E-state index in [4.69, 9.17) is 14.2 Å². The zero-order chi connectivity index (χ0) is 27.1. The number of aromatic nitrogens is 3. The molecule has 10 nitrogen and oxygen atoms in total. The number of hydrogen-bond donors (Lipinski definition) is 0. The first kappa shape index (κ1) is 25.3. The van der Waals surface area contributed by atoms with Gasteiger partial charge in [-0.15, -0.1) is 0 Å². The van der Waals surface area contributed by atoms with Gasteiger partial charge in [-0.2, -0.15) is 0 Å². The summed E-state index contributed by atoms with van der Waals surface area (Å²) in [5, 5.41) is 0. The van der Waals surface area contributed by atoms with Gasteiger partial charge in [0.1, 0.15) is 19.0 Å². The molecule has 3 aromatic rings. The minimum absolute atomic E-state index is 0.0523. The van der Waals surface area contributed by atoms with Gasteiger partial charge in [0, 0.05) is 31.1 Å². The summed E-state index contributed by atoms with van der Waals surface area (Å²) >= 11 is 0. The van der Waals surface area contributed by atoms with Gasteiger partial charge in [-0.05, 0) is 56.5 Å². The molecule has 5 heterocycles. The molecule has 2 fully saturated rings. The molecule has 2 bridgehead atoms. The van der Waals surface area contributed by atoms with Crippen molar-refractivity contribution < 1.29 is 27.4 Å². The van der Waals surface area contributed by atoms with Crippen LogP contribution in [0.4, 0.5) is 4.79 Å². The summed E-state index contributed by atoms with van der Waals surface area (Å²) in [7, 11) is -3.64. The Hall–Kier alpha value is -3.99. The van der Waals surface area contributed by atoms with Crippen LogP contribution in [0.15, 0.2) is 58.7 Å². The molecule has 1 amide bonds. The first-order chi connectivity index (χ1) is 18.8. The Morgan fingerprint density at radius 2 is 1.74 bits per heavy atom. The summed E-state index contributed by atoms with van der Waals surface area (Å²) in [6.45, 7) is 3.42. The molecule has 2 aromatic heterocycles. The highest BCUT2D eigenvalue weighted by molar-refractivity contribution is 7.95. The fraction of sp³-hybridized carbons (Fsp3) is 0.357. The second-order valence-electron chi connectivity index (χ2n) is 10.0. The number of benzene rings is 1. The lowest BCUT2D eigenvalue weighted by molar-refractivity contribution is 0.0351. The summed E-state index contributed by atoms with van der Waals surface area (Å²) in [4.78, 5) is 28.0. The van der Waals surface area contributed by atoms with Crippen LogP contribution in [0, 0.1) is 13.8 Å². The number of nitrogens with zero attached hydrogens (tertiary/aromatic N) is 4. The van der Waals surface area contributed by atoms with E-state index >= 15 is 0 Å².